The molecule has 0 bridgehead atoms. The molecule has 1 aliphatic carbocycles. The van der Waals surface area contributed by atoms with E-state index in [1.165, 1.54) is 0 Å². The third-order valence-electron chi connectivity index (χ3n) is 4.96. The molecule has 1 amide bonds. The van der Waals surface area contributed by atoms with E-state index >= 15 is 0 Å². The van der Waals surface area contributed by atoms with Crippen LogP contribution in [0.15, 0.2) is 0 Å². The second-order valence-electron chi connectivity index (χ2n) is 6.17. The first-order valence-corrected chi connectivity index (χ1v) is 7.65. The minimum Gasteiger partial charge on any atom is -0.481 e. The first-order chi connectivity index (χ1) is 9.52. The minimum absolute atomic E-state index is 0.0903. The fourth-order valence-corrected chi connectivity index (χ4v) is 3.45. The molecule has 1 saturated carbocycles. The number of aliphatic carboxylic acids is 1. The van der Waals surface area contributed by atoms with Crippen LogP contribution in [0.4, 0.5) is 0 Å². The van der Waals surface area contributed by atoms with E-state index in [4.69, 9.17) is 4.74 Å². The zero-order chi connectivity index (χ0) is 14.7. The minimum atomic E-state index is -0.835. The normalized spacial score (nSPS) is 37.0. The molecule has 0 radical (unpaired) electrons. The first-order valence-electron chi connectivity index (χ1n) is 7.65. The summed E-state index contributed by atoms with van der Waals surface area (Å²) in [5.74, 6) is -1.09. The maximum atomic E-state index is 12.3. The van der Waals surface area contributed by atoms with Crippen molar-refractivity contribution in [3.63, 3.8) is 0 Å². The molecule has 1 heterocycles. The molecule has 20 heavy (non-hydrogen) atoms. The Hall–Kier alpha value is -1.10. The van der Waals surface area contributed by atoms with Gasteiger partial charge in [-0.1, -0.05) is 13.3 Å². The fourth-order valence-electron chi connectivity index (χ4n) is 3.45. The van der Waals surface area contributed by atoms with Crippen LogP contribution in [0, 0.1) is 23.7 Å². The largest absolute Gasteiger partial charge is 0.481 e. The zero-order valence-corrected chi connectivity index (χ0v) is 12.3. The smallest absolute Gasteiger partial charge is 0.307 e. The summed E-state index contributed by atoms with van der Waals surface area (Å²) in [6, 6.07) is 0. The molecule has 1 saturated heterocycles. The van der Waals surface area contributed by atoms with E-state index in [9.17, 15) is 14.7 Å². The van der Waals surface area contributed by atoms with Crippen molar-refractivity contribution in [2.45, 2.75) is 45.6 Å². The van der Waals surface area contributed by atoms with Crippen LogP contribution in [0.2, 0.25) is 0 Å². The van der Waals surface area contributed by atoms with Crippen molar-refractivity contribution in [1.82, 2.24) is 5.32 Å². The van der Waals surface area contributed by atoms with Gasteiger partial charge in [0.1, 0.15) is 0 Å². The van der Waals surface area contributed by atoms with Crippen LogP contribution in [-0.2, 0) is 14.3 Å². The van der Waals surface area contributed by atoms with Crippen molar-refractivity contribution < 1.29 is 19.4 Å². The van der Waals surface area contributed by atoms with Crippen molar-refractivity contribution in [2.24, 2.45) is 23.7 Å². The van der Waals surface area contributed by atoms with Crippen LogP contribution in [0.3, 0.4) is 0 Å². The summed E-state index contributed by atoms with van der Waals surface area (Å²) in [5.41, 5.74) is 0. The number of ether oxygens (including phenoxy) is 1. The highest BCUT2D eigenvalue weighted by Crippen LogP contribution is 2.38. The Morgan fingerprint density at radius 1 is 1.30 bits per heavy atom. The molecule has 114 valence electrons. The number of carbonyl (C=O) groups excluding carboxylic acids is 1. The zero-order valence-electron chi connectivity index (χ0n) is 12.3. The molecule has 0 aromatic heterocycles. The van der Waals surface area contributed by atoms with E-state index in [-0.39, 0.29) is 17.9 Å². The molecule has 2 aliphatic rings. The Kier molecular flexibility index (Phi) is 5.02. The summed E-state index contributed by atoms with van der Waals surface area (Å²) in [6.07, 6.45) is 3.42. The van der Waals surface area contributed by atoms with E-state index in [0.717, 1.165) is 19.4 Å². The van der Waals surface area contributed by atoms with Crippen molar-refractivity contribution in [1.29, 1.82) is 0 Å². The number of hydrogen-bond acceptors (Lipinski definition) is 3. The number of rotatable bonds is 5. The van der Waals surface area contributed by atoms with Gasteiger partial charge in [-0.05, 0) is 32.1 Å². The van der Waals surface area contributed by atoms with Gasteiger partial charge in [-0.3, -0.25) is 9.59 Å². The highest BCUT2D eigenvalue weighted by atomic mass is 16.5. The van der Waals surface area contributed by atoms with Gasteiger partial charge in [0.15, 0.2) is 0 Å². The van der Waals surface area contributed by atoms with Crippen LogP contribution in [0.25, 0.3) is 0 Å². The van der Waals surface area contributed by atoms with Crippen molar-refractivity contribution in [3.05, 3.63) is 0 Å². The molecule has 2 N–H and O–H groups in total. The average Bonchev–Trinajstić information content (AvgIpc) is 3.02. The Bertz CT molecular complexity index is 371. The summed E-state index contributed by atoms with van der Waals surface area (Å²) in [4.78, 5) is 23.6. The van der Waals surface area contributed by atoms with Gasteiger partial charge in [0, 0.05) is 19.1 Å². The third-order valence-corrected chi connectivity index (χ3v) is 4.96. The van der Waals surface area contributed by atoms with Gasteiger partial charge in [0.2, 0.25) is 5.91 Å². The van der Waals surface area contributed by atoms with Gasteiger partial charge in [0.25, 0.3) is 0 Å². The van der Waals surface area contributed by atoms with Gasteiger partial charge in [-0.2, -0.15) is 0 Å². The van der Waals surface area contributed by atoms with E-state index in [2.05, 4.69) is 12.2 Å². The molecular weight excluding hydrogens is 258 g/mol. The molecule has 5 nitrogen and oxygen atoms in total. The van der Waals surface area contributed by atoms with Gasteiger partial charge >= 0.3 is 5.97 Å². The quantitative estimate of drug-likeness (QED) is 0.804. The lowest BCUT2D eigenvalue weighted by molar-refractivity contribution is -0.146. The number of hydrogen-bond donors (Lipinski definition) is 2. The van der Waals surface area contributed by atoms with Gasteiger partial charge < -0.3 is 15.2 Å². The number of amides is 1. The Morgan fingerprint density at radius 2 is 2.00 bits per heavy atom. The van der Waals surface area contributed by atoms with Crippen LogP contribution in [0.1, 0.15) is 39.5 Å². The number of nitrogens with one attached hydrogen (secondary N) is 1. The average molecular weight is 283 g/mol. The molecule has 0 aromatic carbocycles. The maximum absolute atomic E-state index is 12.3. The van der Waals surface area contributed by atoms with Crippen LogP contribution in [-0.4, -0.2) is 36.2 Å². The Labute approximate surface area is 120 Å². The SMILES string of the molecule is CCC1CC(C(=O)O)C(C(=O)NCC2CCOC2C)C1. The van der Waals surface area contributed by atoms with Crippen molar-refractivity contribution >= 4 is 11.9 Å². The summed E-state index contributed by atoms with van der Waals surface area (Å²) in [5, 5.41) is 12.2. The second kappa shape index (κ2) is 6.57. The molecule has 0 spiro atoms. The first kappa shape index (κ1) is 15.3. The molecule has 5 atom stereocenters. The van der Waals surface area contributed by atoms with Gasteiger partial charge in [-0.25, -0.2) is 0 Å². The lowest BCUT2D eigenvalue weighted by Gasteiger charge is -2.19. The maximum Gasteiger partial charge on any atom is 0.307 e. The van der Waals surface area contributed by atoms with E-state index in [0.29, 0.717) is 31.2 Å². The fraction of sp³-hybridized carbons (Fsp3) is 0.867. The molecule has 0 aromatic rings. The lowest BCUT2D eigenvalue weighted by atomic mass is 9.95. The summed E-state index contributed by atoms with van der Waals surface area (Å²) in [6.45, 7) is 5.42. The van der Waals surface area contributed by atoms with E-state index in [1.807, 2.05) is 6.92 Å². The highest BCUT2D eigenvalue weighted by molar-refractivity contribution is 5.85. The molecule has 1 aliphatic heterocycles. The van der Waals surface area contributed by atoms with Crippen molar-refractivity contribution in [3.8, 4) is 0 Å². The molecule has 2 rings (SSSR count). The number of carbonyl (C=O) groups is 2. The summed E-state index contributed by atoms with van der Waals surface area (Å²) in [7, 11) is 0. The van der Waals surface area contributed by atoms with Crippen LogP contribution < -0.4 is 5.32 Å². The van der Waals surface area contributed by atoms with E-state index in [1.54, 1.807) is 0 Å². The number of carboxylic acid groups (broad SMARTS) is 1. The Balaban J connectivity index is 1.88. The molecule has 2 fully saturated rings. The Morgan fingerprint density at radius 3 is 2.55 bits per heavy atom. The van der Waals surface area contributed by atoms with Gasteiger partial charge in [-0.15, -0.1) is 0 Å². The highest BCUT2D eigenvalue weighted by Gasteiger charge is 2.42. The third kappa shape index (κ3) is 3.32. The van der Waals surface area contributed by atoms with Crippen LogP contribution >= 0.6 is 0 Å². The van der Waals surface area contributed by atoms with Crippen molar-refractivity contribution in [2.75, 3.05) is 13.2 Å². The summed E-state index contributed by atoms with van der Waals surface area (Å²) >= 11 is 0. The molecule has 5 heteroatoms. The predicted molar refractivity (Wildman–Crippen MR) is 74.2 cm³/mol. The predicted octanol–water partition coefficient (Wildman–Crippen LogP) is 1.66. The molecular formula is C15H25NO4. The standard InChI is InChI=1S/C15H25NO4/c1-3-10-6-12(13(7-10)15(18)19)14(17)16-8-11-4-5-20-9(11)2/h9-13H,3-8H2,1-2H3,(H,16,17)(H,18,19). The summed E-state index contributed by atoms with van der Waals surface area (Å²) < 4.78 is 5.47. The second-order valence-corrected chi connectivity index (χ2v) is 6.17. The monoisotopic (exact) mass is 283 g/mol. The molecule has 5 unspecified atom stereocenters. The number of carboxylic acids is 1. The van der Waals surface area contributed by atoms with Gasteiger partial charge in [0.05, 0.1) is 17.9 Å². The lowest BCUT2D eigenvalue weighted by Crippen LogP contribution is -2.38. The van der Waals surface area contributed by atoms with Crippen LogP contribution in [0.5, 0.6) is 0 Å². The van der Waals surface area contributed by atoms with E-state index < -0.39 is 11.9 Å². The topological polar surface area (TPSA) is 75.6 Å².